The van der Waals surface area contributed by atoms with Crippen LogP contribution in [0.4, 0.5) is 0 Å². The van der Waals surface area contributed by atoms with Crippen molar-refractivity contribution < 1.29 is 4.74 Å². The molecule has 1 rings (SSSR count). The summed E-state index contributed by atoms with van der Waals surface area (Å²) in [6.45, 7) is 12.6. The lowest BCUT2D eigenvalue weighted by Crippen LogP contribution is -2.57. The first-order valence-electron chi connectivity index (χ1n) is 6.05. The van der Waals surface area contributed by atoms with E-state index in [2.05, 4.69) is 32.6 Å². The fourth-order valence-corrected chi connectivity index (χ4v) is 1.97. The molecule has 1 saturated heterocycles. The van der Waals surface area contributed by atoms with Crippen LogP contribution < -0.4 is 5.73 Å². The summed E-state index contributed by atoms with van der Waals surface area (Å²) in [5.41, 5.74) is 6.34. The molecule has 0 bridgehead atoms. The number of nitrogens with zero attached hydrogens (tertiary/aromatic N) is 1. The number of hydrogen-bond acceptors (Lipinski definition) is 3. The predicted octanol–water partition coefficient (Wildman–Crippen LogP) is 1.47. The molecule has 0 radical (unpaired) electrons. The zero-order valence-electron chi connectivity index (χ0n) is 10.6. The minimum atomic E-state index is 0.142. The van der Waals surface area contributed by atoms with Gasteiger partial charge < -0.3 is 10.5 Å². The monoisotopic (exact) mass is 214 g/mol. The molecule has 3 heteroatoms. The lowest BCUT2D eigenvalue weighted by Gasteiger charge is -2.43. The van der Waals surface area contributed by atoms with E-state index >= 15 is 0 Å². The highest BCUT2D eigenvalue weighted by Crippen LogP contribution is 2.20. The average Bonchev–Trinajstić information content (AvgIpc) is 2.19. The Morgan fingerprint density at radius 3 is 2.67 bits per heavy atom. The third-order valence-electron chi connectivity index (χ3n) is 3.62. The Bertz CT molecular complexity index is 194. The quantitative estimate of drug-likeness (QED) is 0.770. The van der Waals surface area contributed by atoms with Gasteiger partial charge >= 0.3 is 0 Å². The van der Waals surface area contributed by atoms with Crippen LogP contribution in [0.3, 0.4) is 0 Å². The highest BCUT2D eigenvalue weighted by molar-refractivity contribution is 4.87. The van der Waals surface area contributed by atoms with Crippen molar-refractivity contribution in [3.63, 3.8) is 0 Å². The summed E-state index contributed by atoms with van der Waals surface area (Å²) in [5.74, 6) is 0.601. The minimum absolute atomic E-state index is 0.142. The van der Waals surface area contributed by atoms with E-state index in [1.165, 1.54) is 0 Å². The van der Waals surface area contributed by atoms with E-state index in [1.807, 2.05) is 0 Å². The second-order valence-electron chi connectivity index (χ2n) is 5.36. The Kier molecular flexibility index (Phi) is 4.56. The Hall–Kier alpha value is -0.120. The maximum atomic E-state index is 6.20. The zero-order valence-corrected chi connectivity index (χ0v) is 10.6. The maximum Gasteiger partial charge on any atom is 0.0645 e. The van der Waals surface area contributed by atoms with E-state index in [1.54, 1.807) is 0 Å². The Morgan fingerprint density at radius 1 is 1.47 bits per heavy atom. The van der Waals surface area contributed by atoms with E-state index < -0.39 is 0 Å². The molecule has 0 saturated carbocycles. The smallest absolute Gasteiger partial charge is 0.0645 e. The van der Waals surface area contributed by atoms with Gasteiger partial charge in [0.2, 0.25) is 0 Å². The first-order valence-corrected chi connectivity index (χ1v) is 6.05. The first-order chi connectivity index (χ1) is 6.97. The molecule has 0 spiro atoms. The van der Waals surface area contributed by atoms with E-state index in [-0.39, 0.29) is 11.6 Å². The van der Waals surface area contributed by atoms with Gasteiger partial charge in [-0.2, -0.15) is 0 Å². The molecule has 2 unspecified atom stereocenters. The number of morpholine rings is 1. The maximum absolute atomic E-state index is 6.20. The molecule has 0 aromatic carbocycles. The van der Waals surface area contributed by atoms with Gasteiger partial charge in [0, 0.05) is 24.7 Å². The Labute approximate surface area is 94.0 Å². The standard InChI is InChI=1S/C12H26N2O/c1-5-10(2)11(13)8-14-6-7-15-9-12(14,3)4/h10-11H,5-9,13H2,1-4H3. The molecule has 15 heavy (non-hydrogen) atoms. The topological polar surface area (TPSA) is 38.5 Å². The van der Waals surface area contributed by atoms with Crippen molar-refractivity contribution in [2.45, 2.75) is 45.7 Å². The largest absolute Gasteiger partial charge is 0.378 e. The zero-order chi connectivity index (χ0) is 11.5. The fraction of sp³-hybridized carbons (Fsp3) is 1.00. The van der Waals surface area contributed by atoms with Crippen molar-refractivity contribution >= 4 is 0 Å². The van der Waals surface area contributed by atoms with Gasteiger partial charge in [0.25, 0.3) is 0 Å². The van der Waals surface area contributed by atoms with Crippen molar-refractivity contribution in [2.75, 3.05) is 26.3 Å². The molecule has 1 aliphatic heterocycles. The van der Waals surface area contributed by atoms with Crippen LogP contribution in [-0.4, -0.2) is 42.8 Å². The highest BCUT2D eigenvalue weighted by Gasteiger charge is 2.31. The summed E-state index contributed by atoms with van der Waals surface area (Å²) in [5, 5.41) is 0. The van der Waals surface area contributed by atoms with Crippen molar-refractivity contribution in [1.82, 2.24) is 4.90 Å². The molecular weight excluding hydrogens is 188 g/mol. The van der Waals surface area contributed by atoms with E-state index in [4.69, 9.17) is 10.5 Å². The van der Waals surface area contributed by atoms with Crippen LogP contribution in [-0.2, 0) is 4.74 Å². The van der Waals surface area contributed by atoms with Gasteiger partial charge in [-0.1, -0.05) is 20.3 Å². The molecule has 0 aromatic rings. The van der Waals surface area contributed by atoms with Crippen molar-refractivity contribution in [3.8, 4) is 0 Å². The number of hydrogen-bond donors (Lipinski definition) is 1. The van der Waals surface area contributed by atoms with Crippen LogP contribution in [0.5, 0.6) is 0 Å². The molecule has 0 amide bonds. The molecule has 90 valence electrons. The number of rotatable bonds is 4. The summed E-state index contributed by atoms with van der Waals surface area (Å²) < 4.78 is 5.50. The number of ether oxygens (including phenoxy) is 1. The number of nitrogens with two attached hydrogens (primary N) is 1. The third kappa shape index (κ3) is 3.44. The van der Waals surface area contributed by atoms with Gasteiger partial charge in [0.1, 0.15) is 0 Å². The summed E-state index contributed by atoms with van der Waals surface area (Å²) in [6.07, 6.45) is 1.16. The molecule has 0 aromatic heterocycles. The summed E-state index contributed by atoms with van der Waals surface area (Å²) in [6, 6.07) is 0.285. The van der Waals surface area contributed by atoms with Crippen LogP contribution in [0.25, 0.3) is 0 Å². The Balaban J connectivity index is 2.48. The van der Waals surface area contributed by atoms with Crippen LogP contribution >= 0.6 is 0 Å². The molecule has 1 aliphatic rings. The molecule has 0 aliphatic carbocycles. The van der Waals surface area contributed by atoms with Crippen molar-refractivity contribution in [3.05, 3.63) is 0 Å². The first kappa shape index (κ1) is 12.9. The lowest BCUT2D eigenvalue weighted by atomic mass is 9.96. The lowest BCUT2D eigenvalue weighted by molar-refractivity contribution is -0.0548. The van der Waals surface area contributed by atoms with Gasteiger partial charge in [-0.3, -0.25) is 4.90 Å². The summed E-state index contributed by atoms with van der Waals surface area (Å²) in [4.78, 5) is 2.47. The van der Waals surface area contributed by atoms with E-state index in [0.717, 1.165) is 32.7 Å². The molecule has 3 nitrogen and oxygen atoms in total. The molecule has 1 heterocycles. The predicted molar refractivity (Wildman–Crippen MR) is 63.9 cm³/mol. The van der Waals surface area contributed by atoms with Crippen LogP contribution in [0, 0.1) is 5.92 Å². The second kappa shape index (κ2) is 5.28. The van der Waals surface area contributed by atoms with E-state index in [9.17, 15) is 0 Å². The third-order valence-corrected chi connectivity index (χ3v) is 3.62. The van der Waals surface area contributed by atoms with Crippen LogP contribution in [0.1, 0.15) is 34.1 Å². The normalized spacial score (nSPS) is 26.2. The van der Waals surface area contributed by atoms with Crippen molar-refractivity contribution in [1.29, 1.82) is 0 Å². The fourth-order valence-electron chi connectivity index (χ4n) is 1.97. The summed E-state index contributed by atoms with van der Waals surface area (Å²) in [7, 11) is 0. The molecular formula is C12H26N2O. The molecule has 2 atom stereocenters. The second-order valence-corrected chi connectivity index (χ2v) is 5.36. The Morgan fingerprint density at radius 2 is 2.13 bits per heavy atom. The van der Waals surface area contributed by atoms with Crippen LogP contribution in [0.2, 0.25) is 0 Å². The van der Waals surface area contributed by atoms with Gasteiger partial charge in [-0.05, 0) is 19.8 Å². The van der Waals surface area contributed by atoms with Crippen molar-refractivity contribution in [2.24, 2.45) is 11.7 Å². The minimum Gasteiger partial charge on any atom is -0.378 e. The highest BCUT2D eigenvalue weighted by atomic mass is 16.5. The van der Waals surface area contributed by atoms with E-state index in [0.29, 0.717) is 5.92 Å². The SMILES string of the molecule is CCC(C)C(N)CN1CCOCC1(C)C. The van der Waals surface area contributed by atoms with Gasteiger partial charge in [0.15, 0.2) is 0 Å². The van der Waals surface area contributed by atoms with Crippen LogP contribution in [0.15, 0.2) is 0 Å². The average molecular weight is 214 g/mol. The summed E-state index contributed by atoms with van der Waals surface area (Å²) >= 11 is 0. The molecule has 1 fully saturated rings. The molecule has 2 N–H and O–H groups in total. The van der Waals surface area contributed by atoms with Gasteiger partial charge in [-0.15, -0.1) is 0 Å². The van der Waals surface area contributed by atoms with Gasteiger partial charge in [0.05, 0.1) is 13.2 Å². The van der Waals surface area contributed by atoms with Gasteiger partial charge in [-0.25, -0.2) is 0 Å².